The maximum atomic E-state index is 16.4. The van der Waals surface area contributed by atoms with Crippen molar-refractivity contribution in [3.05, 3.63) is 299 Å². The first-order chi connectivity index (χ1) is 61.7. The highest BCUT2D eigenvalue weighted by atomic mass is 16.5. The molecule has 4 heterocycles. The third kappa shape index (κ3) is 14.4. The van der Waals surface area contributed by atoms with Crippen LogP contribution in [0.2, 0.25) is 0 Å². The summed E-state index contributed by atoms with van der Waals surface area (Å²) in [5, 5.41) is 5.16. The highest BCUT2D eigenvalue weighted by Gasteiger charge is 2.45. The Balaban J connectivity index is 0.748. The van der Waals surface area contributed by atoms with Crippen LogP contribution >= 0.6 is 0 Å². The number of hydrogen-bond acceptors (Lipinski definition) is 14. The van der Waals surface area contributed by atoms with Gasteiger partial charge in [-0.15, -0.1) is 0 Å². The van der Waals surface area contributed by atoms with Gasteiger partial charge >= 0.3 is 0 Å². The van der Waals surface area contributed by atoms with Gasteiger partial charge < -0.3 is 28.7 Å². The number of benzene rings is 15. The smallest absolute Gasteiger partial charge is 0.266 e. The van der Waals surface area contributed by atoms with Gasteiger partial charge in [0, 0.05) is 124 Å². The van der Waals surface area contributed by atoms with E-state index in [9.17, 15) is 0 Å². The van der Waals surface area contributed by atoms with Crippen LogP contribution in [0.5, 0.6) is 46.0 Å². The van der Waals surface area contributed by atoms with E-state index in [0.717, 1.165) is 171 Å². The van der Waals surface area contributed by atoms with E-state index in [2.05, 4.69) is 37.5 Å². The largest absolute Gasteiger partial charge is 0.457 e. The second kappa shape index (κ2) is 34.7. The lowest BCUT2D eigenvalue weighted by molar-refractivity contribution is 0.0876. The molecule has 4 aliphatic heterocycles. The average molecular weight is 1670 g/mol. The van der Waals surface area contributed by atoms with E-state index in [-0.39, 0.29) is 78.8 Å². The van der Waals surface area contributed by atoms with Crippen molar-refractivity contribution < 1.29 is 57.3 Å². The summed E-state index contributed by atoms with van der Waals surface area (Å²) in [5.74, 6) is -3.14. The van der Waals surface area contributed by atoms with Crippen LogP contribution in [0.15, 0.2) is 255 Å². The highest BCUT2D eigenvalue weighted by Crippen LogP contribution is 2.59. The Morgan fingerprint density at radius 2 is 0.452 bits per heavy atom. The summed E-state index contributed by atoms with van der Waals surface area (Å²) in [6.45, 7) is 12.2. The summed E-state index contributed by atoms with van der Waals surface area (Å²) in [5.41, 5.74) is 4.39. The van der Waals surface area contributed by atoms with Crippen molar-refractivity contribution >= 4 is 146 Å². The van der Waals surface area contributed by atoms with Gasteiger partial charge in [-0.3, -0.25) is 38.4 Å². The van der Waals surface area contributed by atoms with Crippen LogP contribution in [-0.2, 0) is 0 Å². The van der Waals surface area contributed by atoms with Gasteiger partial charge in [-0.1, -0.05) is 202 Å². The van der Waals surface area contributed by atoms with Crippen LogP contribution in [0.4, 0.5) is 34.1 Å². The predicted octanol–water partition coefficient (Wildman–Crippen LogP) is 26.3. The number of carbonyl (C=O) groups excluding carboxylic acids is 8. The summed E-state index contributed by atoms with van der Waals surface area (Å²) in [7, 11) is 0. The summed E-state index contributed by atoms with van der Waals surface area (Å²) < 4.78 is 28.8. The van der Waals surface area contributed by atoms with Crippen LogP contribution in [0, 0.1) is 0 Å². The zero-order valence-electron chi connectivity index (χ0n) is 71.0. The van der Waals surface area contributed by atoms with E-state index in [1.807, 2.05) is 121 Å². The van der Waals surface area contributed by atoms with E-state index < -0.39 is 47.3 Å². The van der Waals surface area contributed by atoms with Gasteiger partial charge in [0.1, 0.15) is 46.0 Å². The second-order valence-electron chi connectivity index (χ2n) is 33.1. The number of anilines is 6. The van der Waals surface area contributed by atoms with E-state index in [1.165, 1.54) is 0 Å². The molecule has 0 spiro atoms. The third-order valence-corrected chi connectivity index (χ3v) is 25.1. The van der Waals surface area contributed by atoms with Crippen LogP contribution in [0.25, 0.3) is 64.6 Å². The number of imide groups is 4. The molecule has 0 fully saturated rings. The zero-order valence-corrected chi connectivity index (χ0v) is 71.0. The molecule has 628 valence electrons. The second-order valence-corrected chi connectivity index (χ2v) is 33.1. The predicted molar refractivity (Wildman–Crippen MR) is 500 cm³/mol. The quantitative estimate of drug-likeness (QED) is 0.0160. The molecule has 0 atom stereocenters. The molecule has 15 aromatic rings. The van der Waals surface area contributed by atoms with Gasteiger partial charge in [0.25, 0.3) is 47.3 Å². The lowest BCUT2D eigenvalue weighted by Crippen LogP contribution is -2.41. The Labute approximate surface area is 730 Å². The number of carbonyl (C=O) groups is 8. The zero-order chi connectivity index (χ0) is 86.4. The fourth-order valence-corrected chi connectivity index (χ4v) is 19.1. The molecule has 18 nitrogen and oxygen atoms in total. The van der Waals surface area contributed by atoms with Crippen molar-refractivity contribution in [3.8, 4) is 46.0 Å². The number of rotatable bonds is 34. The number of nitrogens with zero attached hydrogens (tertiary/aromatic N) is 6. The van der Waals surface area contributed by atoms with Gasteiger partial charge in [-0.25, -0.2) is 19.6 Å². The molecule has 0 radical (unpaired) electrons. The molecule has 0 bridgehead atoms. The number of ether oxygens (including phenoxy) is 4. The number of unbranched alkanes of at least 4 members (excludes halogenated alkanes) is 12. The molecular formula is C108H94N6O12. The molecule has 0 unspecified atom stereocenters. The Morgan fingerprint density at radius 1 is 0.214 bits per heavy atom. The number of amides is 8. The third-order valence-electron chi connectivity index (χ3n) is 25.1. The normalized spacial score (nSPS) is 13.6. The standard InChI is InChI=1S/C108H94N6O12/c1-5-9-13-29-59-109(60-30-14-10-6-2)85-57-55-79-91-75(85)43-33-45-77(91)101(115)111(103(79)117)67-47-51-69(52-48-67)113-105(119)81-63-87(123-71-35-21-17-22-36-71)95-97-89(125-73-39-25-19-26-40-73)65-83-94-84(66-90(126-74-41-27-20-28-42-74)98(100(94)97)96-88(124-72-37-23-18-24-38-72)64-82(106(113)120)93(81)99(95)96)108(122)114(107(83)121)70-53-49-68(50-54-70)112-102(116)78-46-34-44-76-86(58-56-80(92(76)78)104(112)118)110(61-31-15-11-7-3)62-32-16-12-8-4/h17-28,33-58,63-66H,5-16,29-32,59-62H2,1-4H3. The first-order valence-electron chi connectivity index (χ1n) is 44.4. The van der Waals surface area contributed by atoms with Crippen molar-refractivity contribution in [2.24, 2.45) is 0 Å². The van der Waals surface area contributed by atoms with E-state index in [4.69, 9.17) is 18.9 Å². The first-order valence-corrected chi connectivity index (χ1v) is 44.4. The molecule has 4 aliphatic rings. The van der Waals surface area contributed by atoms with Crippen molar-refractivity contribution in [1.29, 1.82) is 0 Å². The SMILES string of the molecule is CCCCCCN(CCCCCC)c1ccc2c3c(cccc13)C(=O)N(c1ccc(N3C(=O)c4cc(Oc5ccccc5)c5c6c(Oc7ccccc7)cc7c8c(cc(Oc9ccccc9)c(c9c(Oc%10ccccc%10)cc(c4c59)C3=O)c86)C(=O)N(c3ccc(N4C(=O)c5cccc6c(N(CCCCCC)CCCCCC)ccc(c56)C4=O)cc3)C7=O)cc1)C2=O. The van der Waals surface area contributed by atoms with Crippen molar-refractivity contribution in [1.82, 2.24) is 0 Å². The van der Waals surface area contributed by atoms with Crippen molar-refractivity contribution in [2.75, 3.05) is 55.6 Å². The summed E-state index contributed by atoms with van der Waals surface area (Å²) >= 11 is 0. The first kappa shape index (κ1) is 81.2. The van der Waals surface area contributed by atoms with Gasteiger partial charge in [-0.05, 0) is 183 Å². The van der Waals surface area contributed by atoms with E-state index in [1.54, 1.807) is 133 Å². The highest BCUT2D eigenvalue weighted by molar-refractivity contribution is 6.48. The van der Waals surface area contributed by atoms with E-state index in [0.29, 0.717) is 88.3 Å². The topological polar surface area (TPSA) is 193 Å². The molecule has 18 heteroatoms. The van der Waals surface area contributed by atoms with Gasteiger partial charge in [0.15, 0.2) is 0 Å². The molecular weight excluding hydrogens is 1570 g/mol. The molecule has 0 N–H and O–H groups in total. The number of hydrogen-bond donors (Lipinski definition) is 0. The summed E-state index contributed by atoms with van der Waals surface area (Å²) in [6, 6.07) is 73.9. The molecule has 15 aromatic carbocycles. The maximum Gasteiger partial charge on any atom is 0.266 e. The Hall–Kier alpha value is -14.5. The van der Waals surface area contributed by atoms with Crippen molar-refractivity contribution in [3.63, 3.8) is 0 Å². The Bertz CT molecular complexity index is 6170. The number of para-hydroxylation sites is 4. The monoisotopic (exact) mass is 1670 g/mol. The van der Waals surface area contributed by atoms with Crippen LogP contribution in [0.1, 0.15) is 213 Å². The molecule has 0 aromatic heterocycles. The summed E-state index contributed by atoms with van der Waals surface area (Å²) in [6.07, 6.45) is 17.6. The molecule has 0 aliphatic carbocycles. The molecule has 126 heavy (non-hydrogen) atoms. The van der Waals surface area contributed by atoms with Crippen LogP contribution in [-0.4, -0.2) is 73.4 Å². The Kier molecular flexibility index (Phi) is 22.3. The molecule has 0 saturated carbocycles. The van der Waals surface area contributed by atoms with E-state index >= 15 is 38.4 Å². The fraction of sp³-hybridized carbons (Fsp3) is 0.222. The maximum absolute atomic E-state index is 16.4. The van der Waals surface area contributed by atoms with Gasteiger partial charge in [-0.2, -0.15) is 0 Å². The fourth-order valence-electron chi connectivity index (χ4n) is 19.1. The lowest BCUT2D eigenvalue weighted by atomic mass is 9.80. The summed E-state index contributed by atoms with van der Waals surface area (Å²) in [4.78, 5) is 135. The van der Waals surface area contributed by atoms with Gasteiger partial charge in [0.05, 0.1) is 45.0 Å². The minimum Gasteiger partial charge on any atom is -0.457 e. The minimum absolute atomic E-state index is 0.0439. The number of fused-ring (bicyclic) bond motifs is 2. The van der Waals surface area contributed by atoms with Crippen molar-refractivity contribution in [2.45, 2.75) is 130 Å². The lowest BCUT2D eigenvalue weighted by Gasteiger charge is -2.33. The van der Waals surface area contributed by atoms with Crippen LogP contribution < -0.4 is 48.3 Å². The van der Waals surface area contributed by atoms with Gasteiger partial charge in [0.2, 0.25) is 0 Å². The minimum atomic E-state index is -0.741. The molecule has 8 amide bonds. The Morgan fingerprint density at radius 3 is 0.698 bits per heavy atom. The molecule has 19 rings (SSSR count). The molecule has 0 saturated heterocycles. The van der Waals surface area contributed by atoms with Crippen LogP contribution in [0.3, 0.4) is 0 Å². The average Bonchev–Trinajstić information content (AvgIpc) is 0.668.